The number of aromatic hydroxyl groups is 1. The third-order valence-corrected chi connectivity index (χ3v) is 6.64. The van der Waals surface area contributed by atoms with Crippen LogP contribution in [0.5, 0.6) is 23.0 Å². The summed E-state index contributed by atoms with van der Waals surface area (Å²) >= 11 is 0. The van der Waals surface area contributed by atoms with Crippen LogP contribution in [0, 0.1) is 13.8 Å². The quantitative estimate of drug-likeness (QED) is 0.405. The van der Waals surface area contributed by atoms with Gasteiger partial charge < -0.3 is 24.6 Å². The minimum atomic E-state index is -0.0874. The Balaban J connectivity index is 1.74. The maximum absolute atomic E-state index is 13.1. The van der Waals surface area contributed by atoms with E-state index < -0.39 is 0 Å². The van der Waals surface area contributed by atoms with Gasteiger partial charge in [-0.1, -0.05) is 12.1 Å². The zero-order valence-corrected chi connectivity index (χ0v) is 21.5. The topological polar surface area (TPSA) is 77.0 Å². The molecule has 0 atom stereocenters. The van der Waals surface area contributed by atoms with Gasteiger partial charge >= 0.3 is 0 Å². The lowest BCUT2D eigenvalue weighted by atomic mass is 10.00. The van der Waals surface area contributed by atoms with E-state index in [4.69, 9.17) is 14.2 Å². The van der Waals surface area contributed by atoms with Crippen molar-refractivity contribution in [3.63, 3.8) is 0 Å². The summed E-state index contributed by atoms with van der Waals surface area (Å²) in [6.45, 7) is 6.10. The minimum Gasteiger partial charge on any atom is -0.502 e. The summed E-state index contributed by atoms with van der Waals surface area (Å²) in [5.74, 6) is 1.24. The van der Waals surface area contributed by atoms with Crippen LogP contribution < -0.4 is 19.5 Å². The number of hydrogen-bond donors (Lipinski definition) is 2. The number of amides is 1. The van der Waals surface area contributed by atoms with Crippen molar-refractivity contribution in [3.8, 4) is 23.0 Å². The van der Waals surface area contributed by atoms with Crippen LogP contribution in [0.4, 0.5) is 5.69 Å². The Labute approximate surface area is 211 Å². The lowest BCUT2D eigenvalue weighted by Crippen LogP contribution is -2.12. The average Bonchev–Trinajstić information content (AvgIpc) is 3.12. The van der Waals surface area contributed by atoms with Gasteiger partial charge in [-0.2, -0.15) is 0 Å². The first-order chi connectivity index (χ1) is 17.2. The zero-order chi connectivity index (χ0) is 26.0. The number of aryl methyl sites for hydroxylation is 2. The van der Waals surface area contributed by atoms with E-state index in [0.29, 0.717) is 11.5 Å². The van der Waals surface area contributed by atoms with Gasteiger partial charge in [-0.05, 0) is 108 Å². The molecule has 1 aliphatic rings. The van der Waals surface area contributed by atoms with Crippen molar-refractivity contribution < 1.29 is 24.1 Å². The molecular weight excluding hydrogens is 454 g/mol. The molecule has 3 aromatic carbocycles. The van der Waals surface area contributed by atoms with Gasteiger partial charge in [0.05, 0.1) is 27.8 Å². The molecule has 1 aliphatic carbocycles. The number of hydrogen-bond acceptors (Lipinski definition) is 5. The number of allylic oxidation sites excluding steroid dienone is 2. The number of rotatable bonds is 7. The van der Waals surface area contributed by atoms with Crippen LogP contribution in [0.3, 0.4) is 0 Å². The summed E-state index contributed by atoms with van der Waals surface area (Å²) in [6, 6.07) is 15.3. The van der Waals surface area contributed by atoms with Gasteiger partial charge in [0.15, 0.2) is 11.5 Å². The molecule has 0 aliphatic heterocycles. The van der Waals surface area contributed by atoms with Gasteiger partial charge in [0.25, 0.3) is 0 Å². The first kappa shape index (κ1) is 24.9. The largest absolute Gasteiger partial charge is 0.502 e. The standard InChI is InChI=1S/C30H31NO5/c1-17-7-8-21(11-18(17)2)31-29(32)16-25-19(3)24(23-10-9-22(34-4)15-26(23)25)12-20-13-27(35-5)30(33)28(14-20)36-6/h7-15,33H,16H2,1-6H3,(H,31,32)/b24-12-. The predicted octanol–water partition coefficient (Wildman–Crippen LogP) is 6.39. The van der Waals surface area contributed by atoms with Gasteiger partial charge in [0, 0.05) is 5.69 Å². The van der Waals surface area contributed by atoms with Crippen LogP contribution in [0.1, 0.15) is 41.2 Å². The highest BCUT2D eigenvalue weighted by Gasteiger charge is 2.26. The zero-order valence-electron chi connectivity index (χ0n) is 21.5. The fourth-order valence-corrected chi connectivity index (χ4v) is 4.46. The van der Waals surface area contributed by atoms with Gasteiger partial charge in [0.1, 0.15) is 5.75 Å². The fourth-order valence-electron chi connectivity index (χ4n) is 4.46. The number of nitrogens with one attached hydrogen (secondary N) is 1. The number of fused-ring (bicyclic) bond motifs is 1. The van der Waals surface area contributed by atoms with E-state index in [1.165, 1.54) is 19.8 Å². The summed E-state index contributed by atoms with van der Waals surface area (Å²) in [5.41, 5.74) is 8.79. The van der Waals surface area contributed by atoms with Crippen LogP contribution in [0.2, 0.25) is 0 Å². The Hall–Kier alpha value is -4.19. The summed E-state index contributed by atoms with van der Waals surface area (Å²) in [4.78, 5) is 13.1. The van der Waals surface area contributed by atoms with Gasteiger partial charge in [-0.15, -0.1) is 0 Å². The molecule has 0 aromatic heterocycles. The van der Waals surface area contributed by atoms with E-state index in [1.807, 2.05) is 63.2 Å². The fraction of sp³-hybridized carbons (Fsp3) is 0.233. The SMILES string of the molecule is COc1ccc2c(c1)C(CC(=O)Nc1ccc(C)c(C)c1)=C(C)/C2=C/c1cc(OC)c(O)c(OC)c1. The van der Waals surface area contributed by atoms with Crippen LogP contribution in [0.25, 0.3) is 17.2 Å². The van der Waals surface area contributed by atoms with Gasteiger partial charge in [0.2, 0.25) is 11.7 Å². The van der Waals surface area contributed by atoms with E-state index in [2.05, 4.69) is 5.32 Å². The van der Waals surface area contributed by atoms with Crippen LogP contribution in [0.15, 0.2) is 54.1 Å². The van der Waals surface area contributed by atoms with Crippen molar-refractivity contribution in [2.45, 2.75) is 27.2 Å². The number of phenolic OH excluding ortho intramolecular Hbond substituents is 1. The molecule has 0 heterocycles. The van der Waals surface area contributed by atoms with Gasteiger partial charge in [-0.3, -0.25) is 4.79 Å². The van der Waals surface area contributed by atoms with E-state index in [9.17, 15) is 9.90 Å². The molecule has 0 saturated carbocycles. The Morgan fingerprint density at radius 1 is 0.861 bits per heavy atom. The highest BCUT2D eigenvalue weighted by molar-refractivity contribution is 6.10. The van der Waals surface area contributed by atoms with Crippen molar-refractivity contribution in [2.75, 3.05) is 26.6 Å². The Bertz CT molecular complexity index is 1380. The molecular formula is C30H31NO5. The second-order valence-corrected chi connectivity index (χ2v) is 8.87. The molecule has 0 saturated heterocycles. The number of phenols is 1. The third-order valence-electron chi connectivity index (χ3n) is 6.64. The maximum atomic E-state index is 13.1. The molecule has 6 heteroatoms. The summed E-state index contributed by atoms with van der Waals surface area (Å²) in [6.07, 6.45) is 2.23. The highest BCUT2D eigenvalue weighted by Crippen LogP contribution is 2.46. The van der Waals surface area contributed by atoms with Gasteiger partial charge in [-0.25, -0.2) is 0 Å². The summed E-state index contributed by atoms with van der Waals surface area (Å²) < 4.78 is 16.1. The number of anilines is 1. The first-order valence-electron chi connectivity index (χ1n) is 11.7. The van der Waals surface area contributed by atoms with Crippen molar-refractivity contribution >= 4 is 28.8 Å². The van der Waals surface area contributed by atoms with E-state index >= 15 is 0 Å². The number of carbonyl (C=O) groups is 1. The molecule has 2 N–H and O–H groups in total. The summed E-state index contributed by atoms with van der Waals surface area (Å²) in [7, 11) is 4.63. The molecule has 186 valence electrons. The molecule has 0 unspecified atom stereocenters. The number of ether oxygens (including phenoxy) is 3. The molecule has 36 heavy (non-hydrogen) atoms. The van der Waals surface area contributed by atoms with E-state index in [-0.39, 0.29) is 18.1 Å². The summed E-state index contributed by atoms with van der Waals surface area (Å²) in [5, 5.41) is 13.3. The monoisotopic (exact) mass is 485 g/mol. The molecule has 0 bridgehead atoms. The number of carbonyl (C=O) groups excluding carboxylic acids is 1. The maximum Gasteiger partial charge on any atom is 0.228 e. The lowest BCUT2D eigenvalue weighted by Gasteiger charge is -2.11. The smallest absolute Gasteiger partial charge is 0.228 e. The lowest BCUT2D eigenvalue weighted by molar-refractivity contribution is -0.115. The van der Waals surface area contributed by atoms with Crippen molar-refractivity contribution in [2.24, 2.45) is 0 Å². The van der Waals surface area contributed by atoms with Crippen LogP contribution in [-0.4, -0.2) is 32.3 Å². The van der Waals surface area contributed by atoms with E-state index in [0.717, 1.165) is 50.4 Å². The molecule has 0 fully saturated rings. The number of methoxy groups -OCH3 is 3. The Morgan fingerprint density at radius 2 is 1.56 bits per heavy atom. The molecule has 3 aromatic rings. The van der Waals surface area contributed by atoms with Crippen LogP contribution in [-0.2, 0) is 4.79 Å². The third kappa shape index (κ3) is 4.80. The van der Waals surface area contributed by atoms with E-state index in [1.54, 1.807) is 19.2 Å². The Morgan fingerprint density at radius 3 is 2.17 bits per heavy atom. The molecule has 4 rings (SSSR count). The molecule has 6 nitrogen and oxygen atoms in total. The molecule has 1 amide bonds. The first-order valence-corrected chi connectivity index (χ1v) is 11.7. The molecule has 0 radical (unpaired) electrons. The Kier molecular flexibility index (Phi) is 7.06. The highest BCUT2D eigenvalue weighted by atomic mass is 16.5. The minimum absolute atomic E-state index is 0.0466. The normalized spacial score (nSPS) is 13.6. The average molecular weight is 486 g/mol. The van der Waals surface area contributed by atoms with Crippen molar-refractivity contribution in [1.29, 1.82) is 0 Å². The number of benzene rings is 3. The van der Waals surface area contributed by atoms with Crippen LogP contribution >= 0.6 is 0 Å². The van der Waals surface area contributed by atoms with Crippen molar-refractivity contribution in [3.05, 3.63) is 81.9 Å². The molecule has 0 spiro atoms. The second kappa shape index (κ2) is 10.2. The van der Waals surface area contributed by atoms with Crippen molar-refractivity contribution in [1.82, 2.24) is 0 Å². The predicted molar refractivity (Wildman–Crippen MR) is 144 cm³/mol. The second-order valence-electron chi connectivity index (χ2n) is 8.87.